The fraction of sp³-hybridized carbons (Fsp3) is 0.600. The summed E-state index contributed by atoms with van der Waals surface area (Å²) in [5, 5.41) is 10.1. The molecule has 92 valence electrons. The monoisotopic (exact) mass is 248 g/mol. The van der Waals surface area contributed by atoms with E-state index in [1.807, 2.05) is 11.3 Å². The molecule has 1 aromatic rings. The Balaban J connectivity index is 1.99. The Hall–Kier alpha value is -0.780. The van der Waals surface area contributed by atoms with Crippen molar-refractivity contribution >= 4 is 11.3 Å². The fourth-order valence-electron chi connectivity index (χ4n) is 2.39. The molecule has 1 nitrogen and oxygen atoms in total. The Morgan fingerprint density at radius 3 is 3.00 bits per heavy atom. The van der Waals surface area contributed by atoms with Crippen molar-refractivity contribution in [3.8, 4) is 12.3 Å². The smallest absolute Gasteiger partial charge is 0.0882 e. The highest BCUT2D eigenvalue weighted by atomic mass is 32.1. The third kappa shape index (κ3) is 3.34. The van der Waals surface area contributed by atoms with Gasteiger partial charge < -0.3 is 5.11 Å². The van der Waals surface area contributed by atoms with Gasteiger partial charge in [0.15, 0.2) is 0 Å². The van der Waals surface area contributed by atoms with E-state index in [1.54, 1.807) is 0 Å². The first-order chi connectivity index (χ1) is 8.31. The average molecular weight is 248 g/mol. The van der Waals surface area contributed by atoms with E-state index >= 15 is 0 Å². The number of unbranched alkanes of at least 4 members (excludes halogenated alkanes) is 1. The third-order valence-corrected chi connectivity index (χ3v) is 4.73. The molecular weight excluding hydrogens is 228 g/mol. The Kier molecular flexibility index (Phi) is 4.65. The maximum atomic E-state index is 10.1. The molecule has 1 aromatic heterocycles. The second-order valence-corrected chi connectivity index (χ2v) is 5.94. The first kappa shape index (κ1) is 12.7. The molecule has 0 bridgehead atoms. The van der Waals surface area contributed by atoms with Gasteiger partial charge in [-0.15, -0.1) is 23.7 Å². The van der Waals surface area contributed by atoms with Gasteiger partial charge in [0.05, 0.1) is 6.10 Å². The summed E-state index contributed by atoms with van der Waals surface area (Å²) in [6.07, 6.45) is 13.8. The van der Waals surface area contributed by atoms with Gasteiger partial charge in [0.1, 0.15) is 0 Å². The highest BCUT2D eigenvalue weighted by molar-refractivity contribution is 7.12. The van der Waals surface area contributed by atoms with Crippen molar-refractivity contribution in [2.24, 2.45) is 0 Å². The zero-order valence-electron chi connectivity index (χ0n) is 10.2. The van der Waals surface area contributed by atoms with Gasteiger partial charge in [-0.3, -0.25) is 0 Å². The summed E-state index contributed by atoms with van der Waals surface area (Å²) in [5.41, 5.74) is 1.48. The van der Waals surface area contributed by atoms with Crippen LogP contribution in [0.2, 0.25) is 0 Å². The van der Waals surface area contributed by atoms with E-state index in [-0.39, 0.29) is 6.10 Å². The zero-order valence-corrected chi connectivity index (χ0v) is 11.1. The molecule has 0 fully saturated rings. The standard InChI is InChI=1S/C15H20OS/c1-2-3-5-9-13(16)15-11-12-8-6-4-7-10-14(12)17-15/h1,11,13,16H,3-10H2. The van der Waals surface area contributed by atoms with Crippen molar-refractivity contribution in [2.75, 3.05) is 0 Å². The number of thiophene rings is 1. The minimum absolute atomic E-state index is 0.305. The summed E-state index contributed by atoms with van der Waals surface area (Å²) in [7, 11) is 0. The van der Waals surface area contributed by atoms with E-state index in [9.17, 15) is 5.11 Å². The minimum atomic E-state index is -0.305. The molecule has 0 spiro atoms. The molecule has 1 aliphatic carbocycles. The molecule has 0 saturated carbocycles. The molecule has 0 aromatic carbocycles. The SMILES string of the molecule is C#CCCCC(O)c1cc2c(s1)CCCCC2. The van der Waals surface area contributed by atoms with Crippen LogP contribution in [0.1, 0.15) is 59.9 Å². The molecule has 0 aliphatic heterocycles. The van der Waals surface area contributed by atoms with Crippen LogP contribution in [0.4, 0.5) is 0 Å². The summed E-state index contributed by atoms with van der Waals surface area (Å²) in [4.78, 5) is 2.66. The second kappa shape index (κ2) is 6.23. The van der Waals surface area contributed by atoms with Gasteiger partial charge in [-0.05, 0) is 50.2 Å². The van der Waals surface area contributed by atoms with Crippen LogP contribution in [-0.4, -0.2) is 5.11 Å². The second-order valence-electron chi connectivity index (χ2n) is 4.77. The molecule has 0 amide bonds. The minimum Gasteiger partial charge on any atom is -0.388 e. The van der Waals surface area contributed by atoms with E-state index < -0.39 is 0 Å². The van der Waals surface area contributed by atoms with Crippen LogP contribution >= 0.6 is 11.3 Å². The predicted octanol–water partition coefficient (Wildman–Crippen LogP) is 3.85. The van der Waals surface area contributed by atoms with Gasteiger partial charge in [-0.1, -0.05) is 6.42 Å². The zero-order chi connectivity index (χ0) is 12.1. The number of fused-ring (bicyclic) bond motifs is 1. The first-order valence-corrected chi connectivity index (χ1v) is 7.36. The van der Waals surface area contributed by atoms with Crippen molar-refractivity contribution in [1.29, 1.82) is 0 Å². The number of aliphatic hydroxyl groups excluding tert-OH is 1. The Morgan fingerprint density at radius 1 is 1.35 bits per heavy atom. The van der Waals surface area contributed by atoms with Crippen molar-refractivity contribution in [2.45, 2.75) is 57.5 Å². The number of rotatable bonds is 4. The van der Waals surface area contributed by atoms with Gasteiger partial charge in [0, 0.05) is 16.2 Å². The largest absolute Gasteiger partial charge is 0.388 e. The molecular formula is C15H20OS. The first-order valence-electron chi connectivity index (χ1n) is 6.54. The van der Waals surface area contributed by atoms with E-state index in [0.29, 0.717) is 0 Å². The van der Waals surface area contributed by atoms with E-state index in [4.69, 9.17) is 6.42 Å². The molecule has 2 rings (SSSR count). The fourth-order valence-corrected chi connectivity index (χ4v) is 3.67. The van der Waals surface area contributed by atoms with Gasteiger partial charge in [-0.25, -0.2) is 0 Å². The van der Waals surface area contributed by atoms with Crippen LogP contribution < -0.4 is 0 Å². The van der Waals surface area contributed by atoms with Crippen molar-refractivity contribution < 1.29 is 5.11 Å². The topological polar surface area (TPSA) is 20.2 Å². The average Bonchev–Trinajstić information content (AvgIpc) is 2.61. The number of hydrogen-bond donors (Lipinski definition) is 1. The maximum Gasteiger partial charge on any atom is 0.0882 e. The highest BCUT2D eigenvalue weighted by Crippen LogP contribution is 2.33. The van der Waals surface area contributed by atoms with Crippen molar-refractivity contribution in [1.82, 2.24) is 0 Å². The number of hydrogen-bond acceptors (Lipinski definition) is 2. The van der Waals surface area contributed by atoms with E-state index in [0.717, 1.165) is 24.1 Å². The number of terminal acetylenes is 1. The maximum absolute atomic E-state index is 10.1. The lowest BCUT2D eigenvalue weighted by Gasteiger charge is -2.06. The van der Waals surface area contributed by atoms with Crippen molar-refractivity contribution in [3.05, 3.63) is 21.4 Å². The van der Waals surface area contributed by atoms with Gasteiger partial charge >= 0.3 is 0 Å². The molecule has 1 N–H and O–H groups in total. The quantitative estimate of drug-likeness (QED) is 0.487. The molecule has 1 unspecified atom stereocenters. The van der Waals surface area contributed by atoms with Crippen LogP contribution in [-0.2, 0) is 12.8 Å². The van der Waals surface area contributed by atoms with Gasteiger partial charge in [0.2, 0.25) is 0 Å². The molecule has 17 heavy (non-hydrogen) atoms. The molecule has 1 heterocycles. The summed E-state index contributed by atoms with van der Waals surface area (Å²) in [6.45, 7) is 0. The van der Waals surface area contributed by atoms with Crippen LogP contribution in [0.5, 0.6) is 0 Å². The van der Waals surface area contributed by atoms with E-state index in [2.05, 4.69) is 12.0 Å². The summed E-state index contributed by atoms with van der Waals surface area (Å²) >= 11 is 1.81. The predicted molar refractivity (Wildman–Crippen MR) is 73.2 cm³/mol. The molecule has 0 radical (unpaired) electrons. The molecule has 0 saturated heterocycles. The lowest BCUT2D eigenvalue weighted by Crippen LogP contribution is -1.94. The number of aryl methyl sites for hydroxylation is 2. The summed E-state index contributed by atoms with van der Waals surface area (Å²) < 4.78 is 0. The highest BCUT2D eigenvalue weighted by Gasteiger charge is 2.16. The van der Waals surface area contributed by atoms with E-state index in [1.165, 1.54) is 42.5 Å². The summed E-state index contributed by atoms with van der Waals surface area (Å²) in [5.74, 6) is 2.62. The normalized spacial score (nSPS) is 16.9. The summed E-state index contributed by atoms with van der Waals surface area (Å²) in [6, 6.07) is 2.23. The van der Waals surface area contributed by atoms with Crippen LogP contribution in [0.15, 0.2) is 6.07 Å². The van der Waals surface area contributed by atoms with Crippen LogP contribution in [0.3, 0.4) is 0 Å². The molecule has 1 atom stereocenters. The lowest BCUT2D eigenvalue weighted by atomic mass is 10.1. The van der Waals surface area contributed by atoms with Crippen LogP contribution in [0.25, 0.3) is 0 Å². The van der Waals surface area contributed by atoms with Gasteiger partial charge in [-0.2, -0.15) is 0 Å². The van der Waals surface area contributed by atoms with Gasteiger partial charge in [0.25, 0.3) is 0 Å². The van der Waals surface area contributed by atoms with Crippen molar-refractivity contribution in [3.63, 3.8) is 0 Å². The number of aliphatic hydroxyl groups is 1. The Labute approximate surface area is 108 Å². The lowest BCUT2D eigenvalue weighted by molar-refractivity contribution is 0.169. The molecule has 2 heteroatoms. The molecule has 1 aliphatic rings. The Morgan fingerprint density at radius 2 is 2.18 bits per heavy atom. The van der Waals surface area contributed by atoms with Crippen LogP contribution in [0, 0.1) is 12.3 Å². The third-order valence-electron chi connectivity index (χ3n) is 3.39. The Bertz CT molecular complexity index is 376.